The van der Waals surface area contributed by atoms with Crippen LogP contribution >= 0.6 is 0 Å². The van der Waals surface area contributed by atoms with Crippen LogP contribution < -0.4 is 20.3 Å². The topological polar surface area (TPSA) is 117 Å². The minimum absolute atomic E-state index is 0.0819. The molecule has 188 valence electrons. The van der Waals surface area contributed by atoms with Gasteiger partial charge in [0.2, 0.25) is 5.91 Å². The molecule has 1 aliphatic heterocycles. The summed E-state index contributed by atoms with van der Waals surface area (Å²) in [5, 5.41) is 15.5. The van der Waals surface area contributed by atoms with Gasteiger partial charge >= 0.3 is 5.97 Å². The number of amides is 2. The van der Waals surface area contributed by atoms with E-state index >= 15 is 0 Å². The Morgan fingerprint density at radius 2 is 1.61 bits per heavy atom. The largest absolute Gasteiger partial charge is 0.497 e. The Hall–Kier alpha value is -3.85. The molecular formula is C27H29N3O6. The van der Waals surface area contributed by atoms with Crippen molar-refractivity contribution < 1.29 is 29.0 Å². The number of carboxylic acid groups (broad SMARTS) is 1. The van der Waals surface area contributed by atoms with E-state index in [1.54, 1.807) is 43.5 Å². The molecule has 4 atom stereocenters. The molecule has 1 heterocycles. The fourth-order valence-corrected chi connectivity index (χ4v) is 5.49. The van der Waals surface area contributed by atoms with Gasteiger partial charge in [-0.25, -0.2) is 0 Å². The number of aliphatic carboxylic acids is 1. The van der Waals surface area contributed by atoms with Gasteiger partial charge in [-0.15, -0.1) is 0 Å². The third-order valence-corrected chi connectivity index (χ3v) is 7.26. The van der Waals surface area contributed by atoms with Gasteiger partial charge in [-0.2, -0.15) is 0 Å². The lowest BCUT2D eigenvalue weighted by molar-refractivity contribution is -0.146. The molecule has 1 saturated carbocycles. The van der Waals surface area contributed by atoms with Crippen molar-refractivity contribution >= 4 is 34.8 Å². The van der Waals surface area contributed by atoms with E-state index in [2.05, 4.69) is 15.5 Å². The zero-order valence-corrected chi connectivity index (χ0v) is 20.0. The molecule has 0 spiro atoms. The Balaban J connectivity index is 1.40. The maximum absolute atomic E-state index is 13.4. The first kappa shape index (κ1) is 23.9. The molecule has 2 fully saturated rings. The molecule has 2 bridgehead atoms. The van der Waals surface area contributed by atoms with E-state index in [0.717, 1.165) is 5.69 Å². The number of morpholine rings is 1. The Morgan fingerprint density at radius 1 is 0.944 bits per heavy atom. The Bertz CT molecular complexity index is 1190. The van der Waals surface area contributed by atoms with Crippen LogP contribution in [0.1, 0.15) is 16.8 Å². The van der Waals surface area contributed by atoms with Crippen molar-refractivity contribution in [3.05, 3.63) is 60.2 Å². The van der Waals surface area contributed by atoms with E-state index in [1.807, 2.05) is 18.2 Å². The molecule has 9 heteroatoms. The highest BCUT2D eigenvalue weighted by Gasteiger charge is 2.51. The quantitative estimate of drug-likeness (QED) is 0.509. The van der Waals surface area contributed by atoms with E-state index in [9.17, 15) is 19.5 Å². The van der Waals surface area contributed by atoms with Crippen molar-refractivity contribution in [1.82, 2.24) is 0 Å². The molecular weight excluding hydrogens is 462 g/mol. The van der Waals surface area contributed by atoms with Crippen LogP contribution in [-0.2, 0) is 14.3 Å². The van der Waals surface area contributed by atoms with Gasteiger partial charge in [-0.1, -0.05) is 12.2 Å². The number of hydrogen-bond donors (Lipinski definition) is 3. The molecule has 1 saturated heterocycles. The first-order chi connectivity index (χ1) is 17.4. The summed E-state index contributed by atoms with van der Waals surface area (Å²) in [6, 6.07) is 12.3. The summed E-state index contributed by atoms with van der Waals surface area (Å²) in [6.07, 6.45) is 4.54. The van der Waals surface area contributed by atoms with Gasteiger partial charge in [0.1, 0.15) is 5.75 Å². The van der Waals surface area contributed by atoms with Crippen LogP contribution in [0.3, 0.4) is 0 Å². The maximum Gasteiger partial charge on any atom is 0.307 e. The number of benzene rings is 2. The second-order valence-corrected chi connectivity index (χ2v) is 9.34. The number of carbonyl (C=O) groups is 3. The van der Waals surface area contributed by atoms with Gasteiger partial charge in [0.05, 0.1) is 37.7 Å². The number of ether oxygens (including phenoxy) is 2. The van der Waals surface area contributed by atoms with Crippen molar-refractivity contribution in [2.24, 2.45) is 23.7 Å². The summed E-state index contributed by atoms with van der Waals surface area (Å²) < 4.78 is 10.6. The van der Waals surface area contributed by atoms with Gasteiger partial charge in [0.25, 0.3) is 5.91 Å². The number of carbonyl (C=O) groups excluding carboxylic acids is 2. The second kappa shape index (κ2) is 10.0. The van der Waals surface area contributed by atoms with E-state index < -0.39 is 17.8 Å². The van der Waals surface area contributed by atoms with Crippen LogP contribution in [0.4, 0.5) is 17.1 Å². The van der Waals surface area contributed by atoms with E-state index in [4.69, 9.17) is 9.47 Å². The molecule has 2 aliphatic carbocycles. The van der Waals surface area contributed by atoms with Crippen LogP contribution in [0.2, 0.25) is 0 Å². The van der Waals surface area contributed by atoms with E-state index in [1.165, 1.54) is 0 Å². The van der Waals surface area contributed by atoms with Crippen LogP contribution in [0.15, 0.2) is 54.6 Å². The number of hydrogen-bond acceptors (Lipinski definition) is 6. The van der Waals surface area contributed by atoms with Crippen molar-refractivity contribution in [3.8, 4) is 5.75 Å². The molecule has 0 aromatic heterocycles. The smallest absolute Gasteiger partial charge is 0.307 e. The molecule has 36 heavy (non-hydrogen) atoms. The molecule has 3 aliphatic rings. The number of allylic oxidation sites excluding steroid dienone is 2. The van der Waals surface area contributed by atoms with Crippen molar-refractivity contribution in [2.75, 3.05) is 48.9 Å². The zero-order valence-electron chi connectivity index (χ0n) is 20.0. The van der Waals surface area contributed by atoms with Gasteiger partial charge in [-0.05, 0) is 60.7 Å². The molecule has 9 nitrogen and oxygen atoms in total. The highest BCUT2D eigenvalue weighted by atomic mass is 16.5. The van der Waals surface area contributed by atoms with Crippen molar-refractivity contribution in [3.63, 3.8) is 0 Å². The minimum atomic E-state index is -0.950. The number of nitrogens with zero attached hydrogens (tertiary/aromatic N) is 1. The Kier molecular flexibility index (Phi) is 6.65. The van der Waals surface area contributed by atoms with Crippen LogP contribution in [0, 0.1) is 23.7 Å². The SMILES string of the molecule is COc1ccc(NC(=O)c2cc(NC(=O)[C@H]3[C@H](C(=O)O)[C@H]4C=C[C@H]3C4)ccc2N2CCOCC2)cc1. The summed E-state index contributed by atoms with van der Waals surface area (Å²) in [6.45, 7) is 2.41. The van der Waals surface area contributed by atoms with Gasteiger partial charge < -0.3 is 30.1 Å². The lowest BCUT2D eigenvalue weighted by atomic mass is 9.82. The first-order valence-corrected chi connectivity index (χ1v) is 12.1. The van der Waals surface area contributed by atoms with Gasteiger partial charge in [0, 0.05) is 30.2 Å². The molecule has 2 aromatic rings. The summed E-state index contributed by atoms with van der Waals surface area (Å²) in [4.78, 5) is 40.5. The highest BCUT2D eigenvalue weighted by molar-refractivity contribution is 6.09. The average Bonchev–Trinajstić information content (AvgIpc) is 3.52. The molecule has 5 rings (SSSR count). The molecule has 0 unspecified atom stereocenters. The van der Waals surface area contributed by atoms with Crippen LogP contribution in [0.5, 0.6) is 5.75 Å². The zero-order chi connectivity index (χ0) is 25.2. The van der Waals surface area contributed by atoms with Crippen molar-refractivity contribution in [1.29, 1.82) is 0 Å². The third-order valence-electron chi connectivity index (χ3n) is 7.26. The summed E-state index contributed by atoms with van der Waals surface area (Å²) in [7, 11) is 1.58. The Morgan fingerprint density at radius 3 is 2.28 bits per heavy atom. The Labute approximate surface area is 209 Å². The first-order valence-electron chi connectivity index (χ1n) is 12.1. The number of methoxy groups -OCH3 is 1. The minimum Gasteiger partial charge on any atom is -0.497 e. The standard InChI is InChI=1S/C27H29N3O6/c1-35-20-7-4-18(5-8-20)28-25(31)21-15-19(6-9-22(21)30-10-12-36-13-11-30)29-26(32)23-16-2-3-17(14-16)24(23)27(33)34/h2-9,15-17,23-24H,10-14H2,1H3,(H,28,31)(H,29,32)(H,33,34)/t16-,17-,23+,24+/m0/s1. The number of fused-ring (bicyclic) bond motifs is 2. The number of rotatable bonds is 7. The lowest BCUT2D eigenvalue weighted by Gasteiger charge is -2.30. The number of nitrogens with one attached hydrogen (secondary N) is 2. The van der Waals surface area contributed by atoms with Crippen LogP contribution in [0.25, 0.3) is 0 Å². The van der Waals surface area contributed by atoms with Gasteiger partial charge in [0.15, 0.2) is 0 Å². The summed E-state index contributed by atoms with van der Waals surface area (Å²) in [5.74, 6) is -2.47. The number of anilines is 3. The fourth-order valence-electron chi connectivity index (χ4n) is 5.49. The molecule has 2 aromatic carbocycles. The number of carboxylic acids is 1. The summed E-state index contributed by atoms with van der Waals surface area (Å²) >= 11 is 0. The highest BCUT2D eigenvalue weighted by Crippen LogP contribution is 2.48. The monoisotopic (exact) mass is 491 g/mol. The predicted molar refractivity (Wildman–Crippen MR) is 134 cm³/mol. The summed E-state index contributed by atoms with van der Waals surface area (Å²) in [5.41, 5.74) is 2.22. The fraction of sp³-hybridized carbons (Fsp3) is 0.370. The molecule has 3 N–H and O–H groups in total. The van der Waals surface area contributed by atoms with Crippen LogP contribution in [-0.4, -0.2) is 56.3 Å². The molecule has 2 amide bonds. The molecule has 0 radical (unpaired) electrons. The van der Waals surface area contributed by atoms with E-state index in [-0.39, 0.29) is 23.7 Å². The normalized spacial score (nSPS) is 24.4. The second-order valence-electron chi connectivity index (χ2n) is 9.34. The van der Waals surface area contributed by atoms with Crippen molar-refractivity contribution in [2.45, 2.75) is 6.42 Å². The maximum atomic E-state index is 13.4. The average molecular weight is 492 g/mol. The lowest BCUT2D eigenvalue weighted by Crippen LogP contribution is -2.38. The van der Waals surface area contributed by atoms with Gasteiger partial charge in [-0.3, -0.25) is 14.4 Å². The predicted octanol–water partition coefficient (Wildman–Crippen LogP) is 3.25. The van der Waals surface area contributed by atoms with E-state index in [0.29, 0.717) is 55.4 Å². The third kappa shape index (κ3) is 4.66.